The van der Waals surface area contributed by atoms with E-state index in [0.29, 0.717) is 6.54 Å². The van der Waals surface area contributed by atoms with Crippen molar-refractivity contribution in [2.75, 3.05) is 0 Å². The van der Waals surface area contributed by atoms with Crippen LogP contribution >= 0.6 is 0 Å². The lowest BCUT2D eigenvalue weighted by Crippen LogP contribution is -2.60. The van der Waals surface area contributed by atoms with Gasteiger partial charge in [0.1, 0.15) is 11.5 Å². The largest absolute Gasteiger partial charge is 0.464 e. The van der Waals surface area contributed by atoms with Crippen molar-refractivity contribution in [1.82, 2.24) is 4.90 Å². The molecule has 0 spiro atoms. The summed E-state index contributed by atoms with van der Waals surface area (Å²) < 4.78 is 5.54. The maximum atomic E-state index is 12.5. The van der Waals surface area contributed by atoms with Crippen LogP contribution in [0.1, 0.15) is 44.6 Å². The Bertz CT molecular complexity index is 433. The van der Waals surface area contributed by atoms with E-state index in [2.05, 4.69) is 0 Å². The summed E-state index contributed by atoms with van der Waals surface area (Å²) in [4.78, 5) is 14.3. The minimum absolute atomic E-state index is 0.0535. The Balaban J connectivity index is 2.11. The molecule has 0 unspecified atom stereocenters. The van der Waals surface area contributed by atoms with Gasteiger partial charge in [0.15, 0.2) is 0 Å². The molecule has 0 saturated heterocycles. The lowest BCUT2D eigenvalue weighted by atomic mass is 9.76. The predicted molar refractivity (Wildman–Crippen MR) is 69.9 cm³/mol. The highest BCUT2D eigenvalue weighted by atomic mass is 16.3. The zero-order chi connectivity index (χ0) is 13.3. The van der Waals surface area contributed by atoms with E-state index in [0.717, 1.165) is 30.8 Å². The van der Waals surface area contributed by atoms with Gasteiger partial charge in [-0.05, 0) is 52.2 Å². The number of rotatable bonds is 4. The van der Waals surface area contributed by atoms with Crippen molar-refractivity contribution in [2.45, 2.75) is 58.2 Å². The second kappa shape index (κ2) is 4.76. The number of hydrogen-bond donors (Lipinski definition) is 1. The fourth-order valence-electron chi connectivity index (χ4n) is 2.28. The van der Waals surface area contributed by atoms with E-state index in [-0.39, 0.29) is 11.9 Å². The first-order chi connectivity index (χ1) is 8.42. The molecule has 2 N–H and O–H groups in total. The average molecular weight is 250 g/mol. The Hall–Kier alpha value is -1.29. The molecule has 1 aromatic rings. The summed E-state index contributed by atoms with van der Waals surface area (Å²) in [5, 5.41) is 0. The number of aryl methyl sites for hydroxylation is 1. The van der Waals surface area contributed by atoms with Crippen LogP contribution in [0.25, 0.3) is 0 Å². The van der Waals surface area contributed by atoms with Crippen LogP contribution in [0.4, 0.5) is 0 Å². The second-order valence-corrected chi connectivity index (χ2v) is 5.55. The van der Waals surface area contributed by atoms with Gasteiger partial charge < -0.3 is 15.1 Å². The number of amides is 1. The third-order valence-electron chi connectivity index (χ3n) is 3.68. The van der Waals surface area contributed by atoms with Crippen LogP contribution in [0.15, 0.2) is 16.5 Å². The third-order valence-corrected chi connectivity index (χ3v) is 3.68. The average Bonchev–Trinajstić information content (AvgIpc) is 2.67. The lowest BCUT2D eigenvalue weighted by molar-refractivity contribution is -0.143. The molecule has 0 atom stereocenters. The maximum absolute atomic E-state index is 12.5. The van der Waals surface area contributed by atoms with Crippen molar-refractivity contribution >= 4 is 5.91 Å². The highest BCUT2D eigenvalue weighted by Crippen LogP contribution is 2.32. The summed E-state index contributed by atoms with van der Waals surface area (Å²) in [7, 11) is 0. The minimum Gasteiger partial charge on any atom is -0.464 e. The molecule has 1 aromatic heterocycles. The van der Waals surface area contributed by atoms with Crippen LogP contribution < -0.4 is 5.73 Å². The summed E-state index contributed by atoms with van der Waals surface area (Å²) in [5.74, 6) is 1.74. The number of hydrogen-bond acceptors (Lipinski definition) is 3. The fourth-order valence-corrected chi connectivity index (χ4v) is 2.28. The van der Waals surface area contributed by atoms with Crippen LogP contribution in [-0.2, 0) is 11.3 Å². The molecule has 1 saturated carbocycles. The molecule has 1 amide bonds. The topological polar surface area (TPSA) is 59.5 Å². The van der Waals surface area contributed by atoms with Gasteiger partial charge in [-0.3, -0.25) is 4.79 Å². The lowest BCUT2D eigenvalue weighted by Gasteiger charge is -2.41. The fraction of sp³-hybridized carbons (Fsp3) is 0.643. The number of carbonyl (C=O) groups is 1. The summed E-state index contributed by atoms with van der Waals surface area (Å²) >= 11 is 0. The molecule has 0 radical (unpaired) electrons. The van der Waals surface area contributed by atoms with Crippen LogP contribution in [0.3, 0.4) is 0 Å². The van der Waals surface area contributed by atoms with E-state index >= 15 is 0 Å². The molecule has 1 aliphatic rings. The molecule has 1 heterocycles. The van der Waals surface area contributed by atoms with Crippen molar-refractivity contribution in [1.29, 1.82) is 0 Å². The molecule has 4 heteroatoms. The maximum Gasteiger partial charge on any atom is 0.243 e. The predicted octanol–water partition coefficient (Wildman–Crippen LogP) is 2.21. The Kier molecular flexibility index (Phi) is 3.48. The molecular weight excluding hydrogens is 228 g/mol. The van der Waals surface area contributed by atoms with Crippen LogP contribution in [0.5, 0.6) is 0 Å². The first kappa shape index (κ1) is 13.1. The number of furan rings is 1. The zero-order valence-electron chi connectivity index (χ0n) is 11.4. The van der Waals surface area contributed by atoms with Gasteiger partial charge in [0.2, 0.25) is 5.91 Å². The van der Waals surface area contributed by atoms with Crippen molar-refractivity contribution in [3.8, 4) is 0 Å². The molecule has 1 fully saturated rings. The standard InChI is InChI=1S/C14H22N2O2/c1-10(2)16(9-12-6-5-11(3)18-12)13(17)14(15)7-4-8-14/h5-6,10H,4,7-9,15H2,1-3H3. The van der Waals surface area contributed by atoms with Crippen molar-refractivity contribution in [3.05, 3.63) is 23.7 Å². The second-order valence-electron chi connectivity index (χ2n) is 5.55. The van der Waals surface area contributed by atoms with Gasteiger partial charge in [0.25, 0.3) is 0 Å². The van der Waals surface area contributed by atoms with E-state index in [9.17, 15) is 4.79 Å². The highest BCUT2D eigenvalue weighted by Gasteiger charge is 2.43. The Morgan fingerprint density at radius 2 is 2.17 bits per heavy atom. The van der Waals surface area contributed by atoms with Gasteiger partial charge in [-0.1, -0.05) is 0 Å². The molecule has 0 aliphatic heterocycles. The van der Waals surface area contributed by atoms with Gasteiger partial charge in [-0.25, -0.2) is 0 Å². The number of nitrogens with zero attached hydrogens (tertiary/aromatic N) is 1. The summed E-state index contributed by atoms with van der Waals surface area (Å²) in [6, 6.07) is 3.96. The minimum atomic E-state index is -0.633. The van der Waals surface area contributed by atoms with Gasteiger partial charge >= 0.3 is 0 Å². The van der Waals surface area contributed by atoms with E-state index in [1.165, 1.54) is 0 Å². The Morgan fingerprint density at radius 1 is 1.50 bits per heavy atom. The van der Waals surface area contributed by atoms with E-state index < -0.39 is 5.54 Å². The number of nitrogens with two attached hydrogens (primary N) is 1. The van der Waals surface area contributed by atoms with Gasteiger partial charge in [0, 0.05) is 6.04 Å². The first-order valence-electron chi connectivity index (χ1n) is 6.58. The molecular formula is C14H22N2O2. The molecule has 1 aliphatic carbocycles. The van der Waals surface area contributed by atoms with Crippen LogP contribution in [0, 0.1) is 6.92 Å². The molecule has 2 rings (SSSR count). The van der Waals surface area contributed by atoms with Crippen LogP contribution in [-0.4, -0.2) is 22.4 Å². The van der Waals surface area contributed by atoms with E-state index in [4.69, 9.17) is 10.2 Å². The SMILES string of the molecule is Cc1ccc(CN(C(=O)C2(N)CCC2)C(C)C)o1. The molecule has 100 valence electrons. The van der Waals surface area contributed by atoms with Gasteiger partial charge in [-0.15, -0.1) is 0 Å². The smallest absolute Gasteiger partial charge is 0.243 e. The van der Waals surface area contributed by atoms with Crippen LogP contribution in [0.2, 0.25) is 0 Å². The van der Waals surface area contributed by atoms with E-state index in [1.807, 2.05) is 37.8 Å². The summed E-state index contributed by atoms with van der Waals surface area (Å²) in [6.07, 6.45) is 2.65. The van der Waals surface area contributed by atoms with E-state index in [1.54, 1.807) is 0 Å². The normalized spacial score (nSPS) is 17.6. The molecule has 18 heavy (non-hydrogen) atoms. The van der Waals surface area contributed by atoms with Gasteiger partial charge in [-0.2, -0.15) is 0 Å². The highest BCUT2D eigenvalue weighted by molar-refractivity contribution is 5.87. The monoisotopic (exact) mass is 250 g/mol. The molecule has 0 bridgehead atoms. The van der Waals surface area contributed by atoms with Crippen molar-refractivity contribution in [2.24, 2.45) is 5.73 Å². The van der Waals surface area contributed by atoms with Gasteiger partial charge in [0.05, 0.1) is 12.1 Å². The summed E-state index contributed by atoms with van der Waals surface area (Å²) in [5.41, 5.74) is 5.49. The molecule has 0 aromatic carbocycles. The van der Waals surface area contributed by atoms with Crippen molar-refractivity contribution in [3.63, 3.8) is 0 Å². The quantitative estimate of drug-likeness (QED) is 0.891. The Labute approximate surface area is 108 Å². The number of carbonyl (C=O) groups excluding carboxylic acids is 1. The molecule has 4 nitrogen and oxygen atoms in total. The Morgan fingerprint density at radius 3 is 2.56 bits per heavy atom. The summed E-state index contributed by atoms with van der Waals surface area (Å²) in [6.45, 7) is 6.43. The zero-order valence-corrected chi connectivity index (χ0v) is 11.4. The van der Waals surface area contributed by atoms with Crippen molar-refractivity contribution < 1.29 is 9.21 Å². The third kappa shape index (κ3) is 2.43. The first-order valence-corrected chi connectivity index (χ1v) is 6.58.